The first-order valence-corrected chi connectivity index (χ1v) is 8.07. The summed E-state index contributed by atoms with van der Waals surface area (Å²) in [5.74, 6) is 0. The molecule has 0 aliphatic carbocycles. The van der Waals surface area contributed by atoms with Gasteiger partial charge in [-0.3, -0.25) is 0 Å². The van der Waals surface area contributed by atoms with Crippen molar-refractivity contribution in [3.8, 4) is 0 Å². The summed E-state index contributed by atoms with van der Waals surface area (Å²) < 4.78 is 5.83. The third-order valence-corrected chi connectivity index (χ3v) is 4.00. The highest BCUT2D eigenvalue weighted by Crippen LogP contribution is 2.30. The summed E-state index contributed by atoms with van der Waals surface area (Å²) in [6.07, 6.45) is 0.493. The first-order chi connectivity index (χ1) is 9.76. The van der Waals surface area contributed by atoms with Crippen LogP contribution in [0.15, 0.2) is 18.2 Å². The number of halogens is 1. The van der Waals surface area contributed by atoms with Crippen LogP contribution in [0.2, 0.25) is 5.02 Å². The number of hydrogen-bond donors (Lipinski definition) is 1. The third kappa shape index (κ3) is 4.60. The number of morpholine rings is 1. The van der Waals surface area contributed by atoms with Crippen LogP contribution < -0.4 is 10.2 Å². The second-order valence-electron chi connectivity index (χ2n) is 7.00. The summed E-state index contributed by atoms with van der Waals surface area (Å²) in [6.45, 7) is 13.4. The number of benzene rings is 1. The van der Waals surface area contributed by atoms with E-state index in [4.69, 9.17) is 16.3 Å². The molecule has 0 spiro atoms. The van der Waals surface area contributed by atoms with Crippen LogP contribution in [0.25, 0.3) is 0 Å². The van der Waals surface area contributed by atoms with Gasteiger partial charge in [-0.05, 0) is 46.8 Å². The maximum absolute atomic E-state index is 6.45. The molecule has 0 aromatic heterocycles. The van der Waals surface area contributed by atoms with Crippen molar-refractivity contribution in [3.05, 3.63) is 28.8 Å². The van der Waals surface area contributed by atoms with Gasteiger partial charge in [0, 0.05) is 41.4 Å². The largest absolute Gasteiger partial charge is 0.372 e. The van der Waals surface area contributed by atoms with E-state index in [0.29, 0.717) is 0 Å². The highest BCUT2D eigenvalue weighted by molar-refractivity contribution is 6.31. The molecule has 21 heavy (non-hydrogen) atoms. The molecule has 118 valence electrons. The Morgan fingerprint density at radius 2 is 1.86 bits per heavy atom. The number of hydrogen-bond acceptors (Lipinski definition) is 3. The second-order valence-corrected chi connectivity index (χ2v) is 7.41. The maximum atomic E-state index is 6.45. The first-order valence-electron chi connectivity index (χ1n) is 7.69. The lowest BCUT2D eigenvalue weighted by atomic mass is 10.1. The van der Waals surface area contributed by atoms with Crippen molar-refractivity contribution < 1.29 is 4.74 Å². The highest BCUT2D eigenvalue weighted by Gasteiger charge is 2.25. The topological polar surface area (TPSA) is 24.5 Å². The van der Waals surface area contributed by atoms with Crippen molar-refractivity contribution in [3.63, 3.8) is 0 Å². The predicted molar refractivity (Wildman–Crippen MR) is 90.3 cm³/mol. The molecule has 1 aliphatic heterocycles. The van der Waals surface area contributed by atoms with Crippen molar-refractivity contribution in [2.24, 2.45) is 0 Å². The van der Waals surface area contributed by atoms with E-state index in [0.717, 1.165) is 24.7 Å². The van der Waals surface area contributed by atoms with E-state index in [1.54, 1.807) is 0 Å². The Balaban J connectivity index is 2.24. The van der Waals surface area contributed by atoms with Gasteiger partial charge in [-0.2, -0.15) is 0 Å². The van der Waals surface area contributed by atoms with E-state index in [1.807, 2.05) is 12.1 Å². The molecule has 0 amide bonds. The molecule has 2 atom stereocenters. The zero-order chi connectivity index (χ0) is 15.6. The molecular weight excluding hydrogens is 284 g/mol. The van der Waals surface area contributed by atoms with E-state index in [9.17, 15) is 0 Å². The smallest absolute Gasteiger partial charge is 0.0726 e. The number of rotatable bonds is 3. The monoisotopic (exact) mass is 310 g/mol. The Kier molecular flexibility index (Phi) is 5.18. The Morgan fingerprint density at radius 3 is 2.43 bits per heavy atom. The van der Waals surface area contributed by atoms with Gasteiger partial charge in [0.25, 0.3) is 0 Å². The van der Waals surface area contributed by atoms with Crippen LogP contribution in [-0.2, 0) is 11.3 Å². The van der Waals surface area contributed by atoms with Gasteiger partial charge in [0.05, 0.1) is 12.2 Å². The van der Waals surface area contributed by atoms with Gasteiger partial charge in [0.15, 0.2) is 0 Å². The molecule has 1 aliphatic rings. The zero-order valence-electron chi connectivity index (χ0n) is 13.7. The van der Waals surface area contributed by atoms with Crippen molar-refractivity contribution in [2.75, 3.05) is 18.0 Å². The lowest BCUT2D eigenvalue weighted by molar-refractivity contribution is -0.00527. The fourth-order valence-corrected chi connectivity index (χ4v) is 2.98. The van der Waals surface area contributed by atoms with Crippen LogP contribution >= 0.6 is 11.6 Å². The molecule has 1 aromatic carbocycles. The Hall–Kier alpha value is -0.770. The molecule has 1 heterocycles. The SMILES string of the molecule is C[C@@H]1CN(c2cccc(Cl)c2CNC(C)(C)C)C[C@H](C)O1. The molecule has 0 saturated carbocycles. The molecule has 4 heteroatoms. The standard InChI is InChI=1S/C17H27ClN2O/c1-12-10-20(11-13(2)21-12)16-8-6-7-15(18)14(16)9-19-17(3,4)5/h6-8,12-13,19H,9-11H2,1-5H3/t12-,13+. The lowest BCUT2D eigenvalue weighted by Crippen LogP contribution is -2.46. The van der Waals surface area contributed by atoms with Gasteiger partial charge >= 0.3 is 0 Å². The molecule has 3 nitrogen and oxygen atoms in total. The van der Waals surface area contributed by atoms with Gasteiger partial charge < -0.3 is 15.0 Å². The number of anilines is 1. The van der Waals surface area contributed by atoms with Crippen LogP contribution in [-0.4, -0.2) is 30.8 Å². The van der Waals surface area contributed by atoms with E-state index in [-0.39, 0.29) is 17.7 Å². The minimum absolute atomic E-state index is 0.0715. The minimum atomic E-state index is 0.0715. The summed E-state index contributed by atoms with van der Waals surface area (Å²) in [5.41, 5.74) is 2.47. The molecule has 0 bridgehead atoms. The highest BCUT2D eigenvalue weighted by atomic mass is 35.5. The fourth-order valence-electron chi connectivity index (χ4n) is 2.75. The van der Waals surface area contributed by atoms with E-state index in [1.165, 1.54) is 11.3 Å². The number of nitrogens with one attached hydrogen (secondary N) is 1. The van der Waals surface area contributed by atoms with Crippen molar-refractivity contribution in [1.29, 1.82) is 0 Å². The molecule has 2 rings (SSSR count). The molecule has 1 N–H and O–H groups in total. The minimum Gasteiger partial charge on any atom is -0.372 e. The Morgan fingerprint density at radius 1 is 1.24 bits per heavy atom. The number of nitrogens with zero attached hydrogens (tertiary/aromatic N) is 1. The normalized spacial score (nSPS) is 23.4. The fraction of sp³-hybridized carbons (Fsp3) is 0.647. The van der Waals surface area contributed by atoms with E-state index in [2.05, 4.69) is 50.9 Å². The maximum Gasteiger partial charge on any atom is 0.0726 e. The van der Waals surface area contributed by atoms with Crippen molar-refractivity contribution in [1.82, 2.24) is 5.32 Å². The van der Waals surface area contributed by atoms with Crippen LogP contribution in [0.3, 0.4) is 0 Å². The molecule has 1 aromatic rings. The second kappa shape index (κ2) is 6.55. The van der Waals surface area contributed by atoms with Gasteiger partial charge in [-0.25, -0.2) is 0 Å². The molecular formula is C17H27ClN2O. The van der Waals surface area contributed by atoms with Gasteiger partial charge in [0.2, 0.25) is 0 Å². The number of ether oxygens (including phenoxy) is 1. The lowest BCUT2D eigenvalue weighted by Gasteiger charge is -2.38. The van der Waals surface area contributed by atoms with E-state index >= 15 is 0 Å². The summed E-state index contributed by atoms with van der Waals surface area (Å²) in [4.78, 5) is 2.39. The van der Waals surface area contributed by atoms with Gasteiger partial charge in [-0.1, -0.05) is 17.7 Å². The average Bonchev–Trinajstić information content (AvgIpc) is 2.34. The molecule has 1 saturated heterocycles. The zero-order valence-corrected chi connectivity index (χ0v) is 14.5. The third-order valence-electron chi connectivity index (χ3n) is 3.65. The quantitative estimate of drug-likeness (QED) is 0.918. The van der Waals surface area contributed by atoms with E-state index < -0.39 is 0 Å². The Bertz CT molecular complexity index is 474. The van der Waals surface area contributed by atoms with Gasteiger partial charge in [0.1, 0.15) is 0 Å². The molecule has 0 unspecified atom stereocenters. The summed E-state index contributed by atoms with van der Waals surface area (Å²) in [5, 5.41) is 4.37. The molecule has 0 radical (unpaired) electrons. The first kappa shape index (κ1) is 16.6. The van der Waals surface area contributed by atoms with Crippen molar-refractivity contribution >= 4 is 17.3 Å². The van der Waals surface area contributed by atoms with Crippen LogP contribution in [0.5, 0.6) is 0 Å². The van der Waals surface area contributed by atoms with Crippen LogP contribution in [0.4, 0.5) is 5.69 Å². The average molecular weight is 311 g/mol. The van der Waals surface area contributed by atoms with Crippen LogP contribution in [0.1, 0.15) is 40.2 Å². The predicted octanol–water partition coefficient (Wildman–Crippen LogP) is 3.84. The molecule has 1 fully saturated rings. The van der Waals surface area contributed by atoms with Gasteiger partial charge in [-0.15, -0.1) is 0 Å². The van der Waals surface area contributed by atoms with Crippen LogP contribution in [0, 0.1) is 0 Å². The summed E-state index contributed by atoms with van der Waals surface area (Å²) >= 11 is 6.45. The Labute approximate surface area is 133 Å². The van der Waals surface area contributed by atoms with Crippen molar-refractivity contribution in [2.45, 2.75) is 58.9 Å². The summed E-state index contributed by atoms with van der Waals surface area (Å²) in [6, 6.07) is 6.16. The summed E-state index contributed by atoms with van der Waals surface area (Å²) in [7, 11) is 0.